The smallest absolute Gasteiger partial charge is 0.356 e. The predicted octanol–water partition coefficient (Wildman–Crippen LogP) is 2.75. The quantitative estimate of drug-likeness (QED) is 0.425. The molecule has 2 heterocycles. The molecule has 0 amide bonds. The molecule has 1 aromatic heterocycles. The van der Waals surface area contributed by atoms with E-state index in [1.54, 1.807) is 7.05 Å². The molecule has 0 aromatic carbocycles. The molecule has 154 valence electrons. The molecular weight excluding hydrogens is 396 g/mol. The van der Waals surface area contributed by atoms with Crippen molar-refractivity contribution in [1.82, 2.24) is 20.5 Å². The lowest BCUT2D eigenvalue weighted by Gasteiger charge is -2.18. The van der Waals surface area contributed by atoms with Gasteiger partial charge >= 0.3 is 12.4 Å². The van der Waals surface area contributed by atoms with Gasteiger partial charge in [0.05, 0.1) is 11.6 Å². The van der Waals surface area contributed by atoms with Crippen molar-refractivity contribution in [2.75, 3.05) is 39.8 Å². The van der Waals surface area contributed by atoms with Crippen molar-refractivity contribution in [3.05, 3.63) is 16.1 Å². The standard InChI is InChI=1S/C15H21F6N5S/c1-22-13(23-4-2-12-25-11(8-27-12)15(19,20)21)24-6-10-3-5-26(7-10)9-14(16,17)18/h8,10H,2-7,9H2,1H3,(H2,22,23,24). The van der Waals surface area contributed by atoms with E-state index in [1.165, 1.54) is 4.90 Å². The molecule has 27 heavy (non-hydrogen) atoms. The number of thiazole rings is 1. The first-order valence-electron chi connectivity index (χ1n) is 8.32. The molecule has 1 aliphatic rings. The van der Waals surface area contributed by atoms with Crippen LogP contribution in [-0.4, -0.2) is 61.8 Å². The number of halogens is 6. The van der Waals surface area contributed by atoms with E-state index in [1.807, 2.05) is 0 Å². The molecule has 0 bridgehead atoms. The van der Waals surface area contributed by atoms with Gasteiger partial charge in [0.15, 0.2) is 11.7 Å². The number of guanidine groups is 1. The molecule has 1 unspecified atom stereocenters. The van der Waals surface area contributed by atoms with Crippen LogP contribution < -0.4 is 10.6 Å². The molecule has 1 saturated heterocycles. The van der Waals surface area contributed by atoms with Crippen LogP contribution in [0.2, 0.25) is 0 Å². The SMILES string of the molecule is CN=C(NCCc1nc(C(F)(F)F)cs1)NCC1CCN(CC(F)(F)F)C1. The van der Waals surface area contributed by atoms with Gasteiger partial charge in [0.2, 0.25) is 0 Å². The Morgan fingerprint density at radius 3 is 2.63 bits per heavy atom. The largest absolute Gasteiger partial charge is 0.434 e. The Morgan fingerprint density at radius 1 is 1.30 bits per heavy atom. The minimum absolute atomic E-state index is 0.0826. The molecule has 12 heteroatoms. The Morgan fingerprint density at radius 2 is 2.04 bits per heavy atom. The minimum Gasteiger partial charge on any atom is -0.356 e. The highest BCUT2D eigenvalue weighted by atomic mass is 32.1. The maximum Gasteiger partial charge on any atom is 0.434 e. The fraction of sp³-hybridized carbons (Fsp3) is 0.733. The zero-order chi connectivity index (χ0) is 20.1. The van der Waals surface area contributed by atoms with E-state index in [0.29, 0.717) is 50.0 Å². The zero-order valence-corrected chi connectivity index (χ0v) is 15.4. The van der Waals surface area contributed by atoms with Crippen molar-refractivity contribution < 1.29 is 26.3 Å². The number of nitrogens with one attached hydrogen (secondary N) is 2. The molecular formula is C15H21F6N5S. The van der Waals surface area contributed by atoms with Crippen LogP contribution >= 0.6 is 11.3 Å². The number of hydrogen-bond acceptors (Lipinski definition) is 4. The predicted molar refractivity (Wildman–Crippen MR) is 90.8 cm³/mol. The maximum absolute atomic E-state index is 12.5. The molecule has 0 aliphatic carbocycles. The fourth-order valence-electron chi connectivity index (χ4n) is 2.78. The number of rotatable bonds is 6. The molecule has 1 aromatic rings. The summed E-state index contributed by atoms with van der Waals surface area (Å²) in [4.78, 5) is 8.93. The summed E-state index contributed by atoms with van der Waals surface area (Å²) in [5.41, 5.74) is -0.894. The highest BCUT2D eigenvalue weighted by Gasteiger charge is 2.34. The number of hydrogen-bond donors (Lipinski definition) is 2. The van der Waals surface area contributed by atoms with Crippen LogP contribution in [0.4, 0.5) is 26.3 Å². The van der Waals surface area contributed by atoms with E-state index in [-0.39, 0.29) is 5.92 Å². The molecule has 0 spiro atoms. The van der Waals surface area contributed by atoms with Gasteiger partial charge < -0.3 is 10.6 Å². The highest BCUT2D eigenvalue weighted by molar-refractivity contribution is 7.09. The molecule has 1 atom stereocenters. The zero-order valence-electron chi connectivity index (χ0n) is 14.6. The molecule has 1 aliphatic heterocycles. The Bertz CT molecular complexity index is 627. The average molecular weight is 417 g/mol. The third kappa shape index (κ3) is 7.53. The van der Waals surface area contributed by atoms with Crippen LogP contribution in [0.25, 0.3) is 0 Å². The molecule has 1 fully saturated rings. The number of likely N-dealkylation sites (tertiary alicyclic amines) is 1. The van der Waals surface area contributed by atoms with Crippen LogP contribution in [0.15, 0.2) is 10.4 Å². The lowest BCUT2D eigenvalue weighted by atomic mass is 10.1. The van der Waals surface area contributed by atoms with Gasteiger partial charge in [-0.1, -0.05) is 0 Å². The van der Waals surface area contributed by atoms with E-state index in [9.17, 15) is 26.3 Å². The first-order chi connectivity index (χ1) is 12.6. The van der Waals surface area contributed by atoms with Gasteiger partial charge in [0, 0.05) is 38.5 Å². The van der Waals surface area contributed by atoms with Gasteiger partial charge in [-0.15, -0.1) is 11.3 Å². The summed E-state index contributed by atoms with van der Waals surface area (Å²) in [6.07, 6.45) is -7.66. The third-order valence-electron chi connectivity index (χ3n) is 4.03. The summed E-state index contributed by atoms with van der Waals surface area (Å²) >= 11 is 0.945. The summed E-state index contributed by atoms with van der Waals surface area (Å²) in [6, 6.07) is 0. The lowest BCUT2D eigenvalue weighted by molar-refractivity contribution is -0.144. The van der Waals surface area contributed by atoms with Crippen LogP contribution in [0.5, 0.6) is 0 Å². The van der Waals surface area contributed by atoms with E-state index >= 15 is 0 Å². The van der Waals surface area contributed by atoms with Gasteiger partial charge in [-0.3, -0.25) is 9.89 Å². The summed E-state index contributed by atoms with van der Waals surface area (Å²) in [7, 11) is 1.55. The first-order valence-corrected chi connectivity index (χ1v) is 9.20. The van der Waals surface area contributed by atoms with E-state index in [0.717, 1.165) is 16.7 Å². The van der Waals surface area contributed by atoms with Crippen LogP contribution in [0.1, 0.15) is 17.1 Å². The maximum atomic E-state index is 12.5. The number of aromatic nitrogens is 1. The second kappa shape index (κ2) is 9.09. The van der Waals surface area contributed by atoms with Crippen molar-refractivity contribution in [3.63, 3.8) is 0 Å². The summed E-state index contributed by atoms with van der Waals surface area (Å²) in [6.45, 7) is 0.690. The lowest BCUT2D eigenvalue weighted by Crippen LogP contribution is -2.41. The minimum atomic E-state index is -4.44. The molecule has 0 radical (unpaired) electrons. The monoisotopic (exact) mass is 417 g/mol. The van der Waals surface area contributed by atoms with E-state index in [2.05, 4.69) is 20.6 Å². The second-order valence-electron chi connectivity index (χ2n) is 6.26. The summed E-state index contributed by atoms with van der Waals surface area (Å²) < 4.78 is 74.7. The van der Waals surface area contributed by atoms with Gasteiger partial charge in [0.25, 0.3) is 0 Å². The Hall–Kier alpha value is -1.56. The van der Waals surface area contributed by atoms with Crippen LogP contribution in [-0.2, 0) is 12.6 Å². The van der Waals surface area contributed by atoms with Gasteiger partial charge in [-0.05, 0) is 18.9 Å². The number of alkyl halides is 6. The van der Waals surface area contributed by atoms with Gasteiger partial charge in [-0.25, -0.2) is 4.98 Å². The van der Waals surface area contributed by atoms with Gasteiger partial charge in [0.1, 0.15) is 0 Å². The highest BCUT2D eigenvalue weighted by Crippen LogP contribution is 2.30. The Balaban J connectivity index is 1.68. The first kappa shape index (κ1) is 21.7. The number of aliphatic imine (C=N–C) groups is 1. The van der Waals surface area contributed by atoms with E-state index < -0.39 is 24.6 Å². The normalized spacial score (nSPS) is 19.5. The number of nitrogens with zero attached hydrogens (tertiary/aromatic N) is 3. The molecule has 5 nitrogen and oxygen atoms in total. The van der Waals surface area contributed by atoms with E-state index in [4.69, 9.17) is 0 Å². The van der Waals surface area contributed by atoms with Crippen molar-refractivity contribution in [1.29, 1.82) is 0 Å². The van der Waals surface area contributed by atoms with Crippen molar-refractivity contribution in [2.24, 2.45) is 10.9 Å². The van der Waals surface area contributed by atoms with Crippen LogP contribution in [0.3, 0.4) is 0 Å². The molecule has 2 N–H and O–H groups in total. The average Bonchev–Trinajstić information content (AvgIpc) is 3.18. The Labute approximate surface area is 156 Å². The summed E-state index contributed by atoms with van der Waals surface area (Å²) in [5.74, 6) is 0.538. The van der Waals surface area contributed by atoms with Crippen molar-refractivity contribution in [2.45, 2.75) is 25.2 Å². The van der Waals surface area contributed by atoms with Gasteiger partial charge in [-0.2, -0.15) is 26.3 Å². The summed E-state index contributed by atoms with van der Waals surface area (Å²) in [5, 5.41) is 7.36. The van der Waals surface area contributed by atoms with Crippen LogP contribution in [0, 0.1) is 5.92 Å². The Kier molecular flexibility index (Phi) is 7.32. The fourth-order valence-corrected chi connectivity index (χ4v) is 3.59. The third-order valence-corrected chi connectivity index (χ3v) is 4.94. The van der Waals surface area contributed by atoms with Crippen molar-refractivity contribution in [3.8, 4) is 0 Å². The topological polar surface area (TPSA) is 52.6 Å². The second-order valence-corrected chi connectivity index (χ2v) is 7.20. The van der Waals surface area contributed by atoms with Crippen molar-refractivity contribution >= 4 is 17.3 Å². The molecule has 2 rings (SSSR count). The molecule has 0 saturated carbocycles.